The molecule has 0 aliphatic carbocycles. The number of halogens is 3. The zero-order valence-electron chi connectivity index (χ0n) is 18.2. The van der Waals surface area contributed by atoms with Crippen LogP contribution in [0.4, 0.5) is 18.9 Å². The summed E-state index contributed by atoms with van der Waals surface area (Å²) < 4.78 is 72.4. The summed E-state index contributed by atoms with van der Waals surface area (Å²) in [5.74, 6) is -0.0423. The number of hydrogen-bond acceptors (Lipinski definition) is 4. The van der Waals surface area contributed by atoms with Crippen molar-refractivity contribution in [1.82, 2.24) is 5.32 Å². The fourth-order valence-electron chi connectivity index (χ4n) is 3.13. The number of carbonyl (C=O) groups is 1. The Labute approximate surface area is 196 Å². The van der Waals surface area contributed by atoms with Crippen LogP contribution >= 0.6 is 0 Å². The number of rotatable bonds is 9. The first-order valence-corrected chi connectivity index (χ1v) is 11.7. The summed E-state index contributed by atoms with van der Waals surface area (Å²) in [7, 11) is -4.32. The highest BCUT2D eigenvalue weighted by Crippen LogP contribution is 2.33. The molecule has 0 aliphatic heterocycles. The maximum atomic E-state index is 13.2. The van der Waals surface area contributed by atoms with E-state index in [0.717, 1.165) is 17.7 Å². The van der Waals surface area contributed by atoms with Crippen LogP contribution in [-0.4, -0.2) is 34.0 Å². The summed E-state index contributed by atoms with van der Waals surface area (Å²) >= 11 is 0. The molecule has 0 bridgehead atoms. The van der Waals surface area contributed by atoms with Gasteiger partial charge in [-0.3, -0.25) is 9.10 Å². The maximum Gasteiger partial charge on any atom is 0.416 e. The van der Waals surface area contributed by atoms with E-state index in [4.69, 9.17) is 4.74 Å². The van der Waals surface area contributed by atoms with Gasteiger partial charge >= 0.3 is 6.18 Å². The molecule has 0 aromatic heterocycles. The molecule has 180 valence electrons. The van der Waals surface area contributed by atoms with Gasteiger partial charge in [-0.1, -0.05) is 42.5 Å². The Kier molecular flexibility index (Phi) is 7.83. The monoisotopic (exact) mass is 492 g/mol. The number of alkyl halides is 3. The molecule has 0 saturated heterocycles. The van der Waals surface area contributed by atoms with Crippen LogP contribution in [0, 0.1) is 6.92 Å². The van der Waals surface area contributed by atoms with Gasteiger partial charge in [0.1, 0.15) is 18.9 Å². The van der Waals surface area contributed by atoms with Gasteiger partial charge in [0.05, 0.1) is 22.7 Å². The van der Waals surface area contributed by atoms with Crippen LogP contribution in [-0.2, 0) is 21.0 Å². The molecule has 0 atom stereocenters. The second-order valence-corrected chi connectivity index (χ2v) is 9.20. The number of anilines is 1. The molecular weight excluding hydrogens is 469 g/mol. The summed E-state index contributed by atoms with van der Waals surface area (Å²) in [6.07, 6.45) is -4.67. The highest BCUT2D eigenvalue weighted by Gasteiger charge is 2.33. The number of benzene rings is 3. The largest absolute Gasteiger partial charge is 0.491 e. The standard InChI is InChI=1S/C24H23F3N2O4S/c1-18-8-5-6-13-22(18)33-15-14-28-23(30)17-29(34(31,32)21-11-3-2-4-12-21)20-10-7-9-19(16-20)24(25,26)27/h2-13,16H,14-15,17H2,1H3,(H,28,30). The summed E-state index contributed by atoms with van der Waals surface area (Å²) in [6.45, 7) is 1.37. The van der Waals surface area contributed by atoms with Crippen LogP contribution in [0.1, 0.15) is 11.1 Å². The van der Waals surface area contributed by atoms with Gasteiger partial charge in [-0.15, -0.1) is 0 Å². The number of nitrogens with zero attached hydrogens (tertiary/aromatic N) is 1. The fourth-order valence-corrected chi connectivity index (χ4v) is 4.56. The number of carbonyl (C=O) groups excluding carboxylic acids is 1. The Bertz CT molecular complexity index is 1230. The predicted octanol–water partition coefficient (Wildman–Crippen LogP) is 4.40. The number of nitrogens with one attached hydrogen (secondary N) is 1. The summed E-state index contributed by atoms with van der Waals surface area (Å²) in [4.78, 5) is 12.4. The van der Waals surface area contributed by atoms with Crippen molar-refractivity contribution in [2.45, 2.75) is 18.0 Å². The maximum absolute atomic E-state index is 13.2. The van der Waals surface area contributed by atoms with Crippen LogP contribution in [0.2, 0.25) is 0 Å². The molecule has 0 heterocycles. The summed E-state index contributed by atoms with van der Waals surface area (Å²) in [6, 6.07) is 18.4. The molecule has 0 unspecified atom stereocenters. The lowest BCUT2D eigenvalue weighted by molar-refractivity contribution is -0.137. The zero-order chi connectivity index (χ0) is 24.8. The van der Waals surface area contributed by atoms with E-state index < -0.39 is 34.2 Å². The van der Waals surface area contributed by atoms with Crippen molar-refractivity contribution in [3.63, 3.8) is 0 Å². The van der Waals surface area contributed by atoms with E-state index in [1.165, 1.54) is 30.3 Å². The lowest BCUT2D eigenvalue weighted by Crippen LogP contribution is -2.42. The average molecular weight is 493 g/mol. The second kappa shape index (κ2) is 10.6. The molecule has 0 fully saturated rings. The Hall–Kier alpha value is -3.53. The molecule has 0 radical (unpaired) electrons. The Balaban J connectivity index is 1.78. The first-order valence-electron chi connectivity index (χ1n) is 10.3. The van der Waals surface area contributed by atoms with Crippen LogP contribution in [0.3, 0.4) is 0 Å². The van der Waals surface area contributed by atoms with Gasteiger partial charge in [-0.2, -0.15) is 13.2 Å². The van der Waals surface area contributed by atoms with E-state index >= 15 is 0 Å². The van der Waals surface area contributed by atoms with Gasteiger partial charge in [-0.25, -0.2) is 8.42 Å². The first kappa shape index (κ1) is 25.1. The molecule has 0 aliphatic rings. The van der Waals surface area contributed by atoms with Gasteiger partial charge in [0.15, 0.2) is 0 Å². The summed E-state index contributed by atoms with van der Waals surface area (Å²) in [5.41, 5.74) is -0.381. The minimum Gasteiger partial charge on any atom is -0.491 e. The van der Waals surface area contributed by atoms with Gasteiger partial charge in [0, 0.05) is 0 Å². The fraction of sp³-hybridized carbons (Fsp3) is 0.208. The highest BCUT2D eigenvalue weighted by atomic mass is 32.2. The topological polar surface area (TPSA) is 75.7 Å². The van der Waals surface area contributed by atoms with Crippen LogP contribution < -0.4 is 14.4 Å². The number of ether oxygens (including phenoxy) is 1. The smallest absolute Gasteiger partial charge is 0.416 e. The third-order valence-corrected chi connectivity index (χ3v) is 6.64. The molecule has 6 nitrogen and oxygen atoms in total. The van der Waals surface area contributed by atoms with Crippen molar-refractivity contribution in [2.75, 3.05) is 24.0 Å². The lowest BCUT2D eigenvalue weighted by Gasteiger charge is -2.25. The van der Waals surface area contributed by atoms with Gasteiger partial charge in [0.2, 0.25) is 5.91 Å². The van der Waals surface area contributed by atoms with E-state index in [0.29, 0.717) is 16.1 Å². The molecule has 0 spiro atoms. The van der Waals surface area contributed by atoms with Gasteiger partial charge < -0.3 is 10.1 Å². The Morgan fingerprint density at radius 1 is 0.971 bits per heavy atom. The molecule has 3 rings (SSSR count). The zero-order valence-corrected chi connectivity index (χ0v) is 19.1. The number of aryl methyl sites for hydroxylation is 1. The van der Waals surface area contributed by atoms with E-state index in [-0.39, 0.29) is 23.7 Å². The molecule has 0 saturated carbocycles. The van der Waals surface area contributed by atoms with Crippen molar-refractivity contribution < 1.29 is 31.1 Å². The minimum absolute atomic E-state index is 0.0784. The second-order valence-electron chi connectivity index (χ2n) is 7.34. The third kappa shape index (κ3) is 6.28. The number of hydrogen-bond donors (Lipinski definition) is 1. The van der Waals surface area contributed by atoms with Crippen molar-refractivity contribution in [3.05, 3.63) is 90.0 Å². The number of para-hydroxylation sites is 1. The van der Waals surface area contributed by atoms with Crippen molar-refractivity contribution in [1.29, 1.82) is 0 Å². The Morgan fingerprint density at radius 2 is 1.65 bits per heavy atom. The van der Waals surface area contributed by atoms with Crippen molar-refractivity contribution in [3.8, 4) is 5.75 Å². The molecular formula is C24H23F3N2O4S. The molecule has 34 heavy (non-hydrogen) atoms. The van der Waals surface area contributed by atoms with Crippen molar-refractivity contribution >= 4 is 21.6 Å². The minimum atomic E-state index is -4.67. The highest BCUT2D eigenvalue weighted by molar-refractivity contribution is 7.92. The van der Waals surface area contributed by atoms with E-state index in [1.807, 2.05) is 25.1 Å². The number of amides is 1. The molecule has 3 aromatic rings. The molecule has 10 heteroatoms. The average Bonchev–Trinajstić information content (AvgIpc) is 2.81. The quantitative estimate of drug-likeness (QED) is 0.449. The van der Waals surface area contributed by atoms with Gasteiger partial charge in [0.25, 0.3) is 10.0 Å². The van der Waals surface area contributed by atoms with Gasteiger partial charge in [-0.05, 0) is 48.9 Å². The van der Waals surface area contributed by atoms with Crippen LogP contribution in [0.25, 0.3) is 0 Å². The van der Waals surface area contributed by atoms with Crippen LogP contribution in [0.5, 0.6) is 5.75 Å². The van der Waals surface area contributed by atoms with Crippen molar-refractivity contribution in [2.24, 2.45) is 0 Å². The molecule has 1 N–H and O–H groups in total. The normalized spacial score (nSPS) is 11.6. The summed E-state index contributed by atoms with van der Waals surface area (Å²) in [5, 5.41) is 2.55. The Morgan fingerprint density at radius 3 is 2.32 bits per heavy atom. The van der Waals surface area contributed by atoms with Crippen LogP contribution in [0.15, 0.2) is 83.8 Å². The van der Waals surface area contributed by atoms with E-state index in [1.54, 1.807) is 12.1 Å². The third-order valence-electron chi connectivity index (χ3n) is 4.86. The van der Waals surface area contributed by atoms with E-state index in [2.05, 4.69) is 5.32 Å². The number of sulfonamides is 1. The lowest BCUT2D eigenvalue weighted by atomic mass is 10.2. The first-order chi connectivity index (χ1) is 16.1. The van der Waals surface area contributed by atoms with E-state index in [9.17, 15) is 26.4 Å². The predicted molar refractivity (Wildman–Crippen MR) is 122 cm³/mol. The molecule has 1 amide bonds. The SMILES string of the molecule is Cc1ccccc1OCCNC(=O)CN(c1cccc(C(F)(F)F)c1)S(=O)(=O)c1ccccc1. The molecule has 3 aromatic carbocycles.